The highest BCUT2D eigenvalue weighted by Gasteiger charge is 2.24. The Morgan fingerprint density at radius 3 is 2.82 bits per heavy atom. The van der Waals surface area contributed by atoms with Crippen molar-refractivity contribution in [2.75, 3.05) is 7.05 Å². The second kappa shape index (κ2) is 4.55. The molecule has 0 aliphatic carbocycles. The van der Waals surface area contributed by atoms with Crippen molar-refractivity contribution in [3.63, 3.8) is 0 Å². The van der Waals surface area contributed by atoms with Crippen LogP contribution in [0.4, 0.5) is 0 Å². The number of nitrogens with one attached hydrogen (secondary N) is 1. The second-order valence-corrected chi connectivity index (χ2v) is 6.33. The molecular weight excluding hydrogens is 260 g/mol. The molecule has 2 rings (SSSR count). The fraction of sp³-hybridized carbons (Fsp3) is 0.333. The number of hydrogen-bond acceptors (Lipinski definition) is 5. The first-order valence-corrected chi connectivity index (χ1v) is 7.23. The minimum atomic E-state index is -3.50. The first-order chi connectivity index (χ1) is 8.01. The lowest BCUT2D eigenvalue weighted by Gasteiger charge is -2.15. The summed E-state index contributed by atoms with van der Waals surface area (Å²) in [5.74, 6) is 0. The summed E-state index contributed by atoms with van der Waals surface area (Å²) >= 11 is 1.44. The molecule has 6 nitrogen and oxygen atoms in total. The number of aromatic amines is 1. The molecule has 2 heterocycles. The summed E-state index contributed by atoms with van der Waals surface area (Å²) in [6, 6.07) is 0. The highest BCUT2D eigenvalue weighted by atomic mass is 32.2. The number of rotatable bonds is 4. The predicted octanol–water partition coefficient (Wildman–Crippen LogP) is 0.995. The largest absolute Gasteiger partial charge is 0.281 e. The summed E-state index contributed by atoms with van der Waals surface area (Å²) in [5.41, 5.74) is 2.95. The summed E-state index contributed by atoms with van der Waals surface area (Å²) in [4.78, 5) is 4.27. The van der Waals surface area contributed by atoms with Crippen molar-refractivity contribution in [3.8, 4) is 0 Å². The normalized spacial score (nSPS) is 12.2. The molecule has 0 spiro atoms. The van der Waals surface area contributed by atoms with E-state index < -0.39 is 10.0 Å². The number of thiazole rings is 1. The van der Waals surface area contributed by atoms with E-state index in [1.165, 1.54) is 28.9 Å². The first-order valence-electron chi connectivity index (χ1n) is 4.85. The summed E-state index contributed by atoms with van der Waals surface area (Å²) < 4.78 is 25.6. The molecule has 0 saturated heterocycles. The number of hydrogen-bond donors (Lipinski definition) is 1. The van der Waals surface area contributed by atoms with Crippen molar-refractivity contribution in [2.45, 2.75) is 18.4 Å². The molecule has 0 aromatic carbocycles. The maximum absolute atomic E-state index is 12.2. The highest BCUT2D eigenvalue weighted by molar-refractivity contribution is 7.89. The highest BCUT2D eigenvalue weighted by Crippen LogP contribution is 2.18. The van der Waals surface area contributed by atoms with E-state index in [1.807, 2.05) is 5.38 Å². The van der Waals surface area contributed by atoms with Crippen LogP contribution in [0.25, 0.3) is 0 Å². The van der Waals surface area contributed by atoms with E-state index in [2.05, 4.69) is 15.2 Å². The average Bonchev–Trinajstić information content (AvgIpc) is 2.89. The topological polar surface area (TPSA) is 79.0 Å². The van der Waals surface area contributed by atoms with Crippen LogP contribution >= 0.6 is 11.3 Å². The van der Waals surface area contributed by atoms with E-state index in [-0.39, 0.29) is 11.4 Å². The van der Waals surface area contributed by atoms with Crippen LogP contribution in [-0.2, 0) is 16.6 Å². The third-order valence-corrected chi connectivity index (χ3v) is 4.89. The van der Waals surface area contributed by atoms with Crippen molar-refractivity contribution in [3.05, 3.63) is 28.5 Å². The Bertz CT molecular complexity index is 588. The quantitative estimate of drug-likeness (QED) is 0.900. The fourth-order valence-corrected chi connectivity index (χ4v) is 3.20. The minimum Gasteiger partial charge on any atom is -0.281 e. The molecule has 0 unspecified atom stereocenters. The van der Waals surface area contributed by atoms with Crippen LogP contribution < -0.4 is 0 Å². The molecule has 0 amide bonds. The zero-order chi connectivity index (χ0) is 12.5. The van der Waals surface area contributed by atoms with Crippen LogP contribution in [0.5, 0.6) is 0 Å². The lowest BCUT2D eigenvalue weighted by Crippen LogP contribution is -2.26. The molecule has 0 aliphatic heterocycles. The van der Waals surface area contributed by atoms with Gasteiger partial charge in [-0.25, -0.2) is 13.4 Å². The van der Waals surface area contributed by atoms with Gasteiger partial charge in [0.15, 0.2) is 0 Å². The van der Waals surface area contributed by atoms with Gasteiger partial charge in [0, 0.05) is 12.4 Å². The fourth-order valence-electron chi connectivity index (χ4n) is 1.40. The molecule has 0 aliphatic rings. The molecule has 92 valence electrons. The van der Waals surface area contributed by atoms with Crippen LogP contribution in [0.15, 0.2) is 22.0 Å². The van der Waals surface area contributed by atoms with Gasteiger partial charge < -0.3 is 0 Å². The minimum absolute atomic E-state index is 0.204. The van der Waals surface area contributed by atoms with Crippen molar-refractivity contribution >= 4 is 21.4 Å². The Balaban J connectivity index is 2.25. The average molecular weight is 272 g/mol. The number of H-pyrrole nitrogens is 1. The predicted molar refractivity (Wildman–Crippen MR) is 64.1 cm³/mol. The Kier molecular flexibility index (Phi) is 3.27. The zero-order valence-corrected chi connectivity index (χ0v) is 11.0. The molecule has 1 N–H and O–H groups in total. The number of sulfonamides is 1. The van der Waals surface area contributed by atoms with Crippen molar-refractivity contribution in [1.82, 2.24) is 19.5 Å². The molecule has 0 radical (unpaired) electrons. The van der Waals surface area contributed by atoms with Crippen molar-refractivity contribution < 1.29 is 8.42 Å². The van der Waals surface area contributed by atoms with E-state index in [4.69, 9.17) is 0 Å². The van der Waals surface area contributed by atoms with Crippen LogP contribution in [0, 0.1) is 6.92 Å². The molecule has 0 saturated carbocycles. The van der Waals surface area contributed by atoms with Gasteiger partial charge in [-0.2, -0.15) is 9.40 Å². The summed E-state index contributed by atoms with van der Waals surface area (Å²) in [7, 11) is -1.97. The number of aryl methyl sites for hydroxylation is 1. The maximum atomic E-state index is 12.2. The molecule has 8 heteroatoms. The van der Waals surface area contributed by atoms with Gasteiger partial charge in [-0.1, -0.05) is 0 Å². The van der Waals surface area contributed by atoms with Gasteiger partial charge in [0.25, 0.3) is 0 Å². The van der Waals surface area contributed by atoms with Gasteiger partial charge in [0.1, 0.15) is 4.90 Å². The van der Waals surface area contributed by atoms with Gasteiger partial charge in [-0.15, -0.1) is 11.3 Å². The van der Waals surface area contributed by atoms with Gasteiger partial charge in [0.05, 0.1) is 29.6 Å². The molecule has 2 aromatic heterocycles. The van der Waals surface area contributed by atoms with Crippen LogP contribution in [0.1, 0.15) is 11.4 Å². The third-order valence-electron chi connectivity index (χ3n) is 2.34. The van der Waals surface area contributed by atoms with Crippen LogP contribution in [-0.4, -0.2) is 35.0 Å². The molecule has 0 bridgehead atoms. The summed E-state index contributed by atoms with van der Waals surface area (Å²) in [6.45, 7) is 1.94. The lowest BCUT2D eigenvalue weighted by atomic mass is 10.5. The van der Waals surface area contributed by atoms with Crippen molar-refractivity contribution in [1.29, 1.82) is 0 Å². The van der Waals surface area contributed by atoms with Crippen molar-refractivity contribution in [2.24, 2.45) is 0 Å². The first kappa shape index (κ1) is 12.2. The van der Waals surface area contributed by atoms with Gasteiger partial charge >= 0.3 is 0 Å². The molecular formula is C9H12N4O2S2. The lowest BCUT2D eigenvalue weighted by molar-refractivity contribution is 0.462. The third kappa shape index (κ3) is 2.38. The second-order valence-electron chi connectivity index (χ2n) is 3.60. The smallest absolute Gasteiger partial charge is 0.246 e. The van der Waals surface area contributed by atoms with E-state index >= 15 is 0 Å². The Morgan fingerprint density at radius 2 is 2.29 bits per heavy atom. The summed E-state index contributed by atoms with van der Waals surface area (Å²) in [5, 5.41) is 8.17. The Hall–Kier alpha value is -1.25. The van der Waals surface area contributed by atoms with Gasteiger partial charge in [-0.05, 0) is 6.92 Å². The van der Waals surface area contributed by atoms with Gasteiger partial charge in [-0.3, -0.25) is 5.10 Å². The Morgan fingerprint density at radius 1 is 1.53 bits per heavy atom. The van der Waals surface area contributed by atoms with Gasteiger partial charge in [0.2, 0.25) is 10.0 Å². The van der Waals surface area contributed by atoms with E-state index in [0.717, 1.165) is 5.69 Å². The maximum Gasteiger partial charge on any atom is 0.246 e. The van der Waals surface area contributed by atoms with Crippen LogP contribution in [0.3, 0.4) is 0 Å². The SMILES string of the molecule is Cc1[nH]ncc1S(=O)(=O)N(C)Cc1cscn1. The standard InChI is InChI=1S/C9H12N4O2S2/c1-7-9(3-11-12-7)17(14,15)13(2)4-8-5-16-6-10-8/h3,5-6H,4H2,1-2H3,(H,11,12). The van der Waals surface area contributed by atoms with E-state index in [1.54, 1.807) is 12.4 Å². The molecule has 0 atom stereocenters. The molecule has 0 fully saturated rings. The molecule has 17 heavy (non-hydrogen) atoms. The summed E-state index contributed by atoms with van der Waals surface area (Å²) in [6.07, 6.45) is 1.32. The number of nitrogens with zero attached hydrogens (tertiary/aromatic N) is 3. The molecule has 2 aromatic rings. The Labute approximate surface area is 103 Å². The monoisotopic (exact) mass is 272 g/mol. The zero-order valence-electron chi connectivity index (χ0n) is 9.41. The van der Waals surface area contributed by atoms with E-state index in [0.29, 0.717) is 5.69 Å². The number of aromatic nitrogens is 3. The van der Waals surface area contributed by atoms with E-state index in [9.17, 15) is 8.42 Å². The van der Waals surface area contributed by atoms with Crippen LogP contribution in [0.2, 0.25) is 0 Å².